The molecular weight excluding hydrogens is 394 g/mol. The van der Waals surface area contributed by atoms with Crippen molar-refractivity contribution in [2.45, 2.75) is 38.7 Å². The Morgan fingerprint density at radius 2 is 1.71 bits per heavy atom. The number of para-hydroxylation sites is 1. The Morgan fingerprint density at radius 1 is 0.968 bits per heavy atom. The Balaban J connectivity index is 1.26. The summed E-state index contributed by atoms with van der Waals surface area (Å²) in [7, 11) is 0. The van der Waals surface area contributed by atoms with Crippen LogP contribution in [0.3, 0.4) is 0 Å². The number of ether oxygens (including phenoxy) is 3. The van der Waals surface area contributed by atoms with Gasteiger partial charge in [0, 0.05) is 36.1 Å². The Kier molecular flexibility index (Phi) is 5.08. The quantitative estimate of drug-likeness (QED) is 0.699. The van der Waals surface area contributed by atoms with Crippen LogP contribution in [0.2, 0.25) is 0 Å². The van der Waals surface area contributed by atoms with Gasteiger partial charge >= 0.3 is 0 Å². The lowest BCUT2D eigenvalue weighted by molar-refractivity contribution is 0.0646. The highest BCUT2D eigenvalue weighted by molar-refractivity contribution is 6.00. The van der Waals surface area contributed by atoms with E-state index >= 15 is 0 Å². The number of hydrogen-bond acceptors (Lipinski definition) is 5. The van der Waals surface area contributed by atoms with Gasteiger partial charge in [-0.05, 0) is 44.0 Å². The first-order valence-electron chi connectivity index (χ1n) is 11.1. The molecule has 3 aliphatic heterocycles. The molecule has 6 nitrogen and oxygen atoms in total. The van der Waals surface area contributed by atoms with E-state index in [0.717, 1.165) is 11.3 Å². The number of Topliss-reactive ketones (excluding diaryl/α,β-unsaturated/α-hetero) is 1. The fourth-order valence-electron chi connectivity index (χ4n) is 4.70. The van der Waals surface area contributed by atoms with E-state index in [-0.39, 0.29) is 29.6 Å². The summed E-state index contributed by atoms with van der Waals surface area (Å²) in [6.45, 7) is 6.31. The van der Waals surface area contributed by atoms with Crippen molar-refractivity contribution in [3.63, 3.8) is 0 Å². The van der Waals surface area contributed by atoms with Crippen LogP contribution in [0.15, 0.2) is 36.4 Å². The largest absolute Gasteiger partial charge is 0.489 e. The van der Waals surface area contributed by atoms with Crippen molar-refractivity contribution in [2.75, 3.05) is 26.3 Å². The van der Waals surface area contributed by atoms with E-state index in [2.05, 4.69) is 6.92 Å². The van der Waals surface area contributed by atoms with E-state index in [1.807, 2.05) is 30.0 Å². The second kappa shape index (κ2) is 7.91. The number of piperidine rings is 1. The van der Waals surface area contributed by atoms with E-state index in [9.17, 15) is 9.59 Å². The highest BCUT2D eigenvalue weighted by Gasteiger charge is 2.34. The van der Waals surface area contributed by atoms with Gasteiger partial charge < -0.3 is 19.1 Å². The summed E-state index contributed by atoms with van der Waals surface area (Å²) in [6, 6.07) is 11.2. The van der Waals surface area contributed by atoms with E-state index < -0.39 is 0 Å². The zero-order valence-corrected chi connectivity index (χ0v) is 17.9. The van der Waals surface area contributed by atoms with Crippen LogP contribution < -0.4 is 14.2 Å². The molecule has 0 spiro atoms. The van der Waals surface area contributed by atoms with Crippen LogP contribution in [0.5, 0.6) is 17.2 Å². The number of likely N-dealkylation sites (tertiary alicyclic amines) is 1. The van der Waals surface area contributed by atoms with Crippen molar-refractivity contribution in [3.8, 4) is 17.2 Å². The third kappa shape index (κ3) is 3.54. The van der Waals surface area contributed by atoms with Gasteiger partial charge in [0.15, 0.2) is 17.3 Å². The third-order valence-corrected chi connectivity index (χ3v) is 6.75. The molecule has 2 aromatic rings. The first-order chi connectivity index (χ1) is 15.0. The van der Waals surface area contributed by atoms with Gasteiger partial charge in [0.1, 0.15) is 25.1 Å². The SMILES string of the molecule is CC1Oc2c(C(=O)N3CCC(C(=O)c4ccc5c(c4)OCCO5)CC3)cccc2C1C. The molecule has 5 rings (SSSR count). The number of carbonyl (C=O) groups is 2. The van der Waals surface area contributed by atoms with Crippen LogP contribution in [0.25, 0.3) is 0 Å². The Hall–Kier alpha value is -3.02. The molecule has 0 saturated carbocycles. The van der Waals surface area contributed by atoms with Crippen LogP contribution >= 0.6 is 0 Å². The highest BCUT2D eigenvalue weighted by atomic mass is 16.6. The Bertz CT molecular complexity index is 1020. The predicted molar refractivity (Wildman–Crippen MR) is 115 cm³/mol. The zero-order valence-electron chi connectivity index (χ0n) is 17.9. The molecule has 0 bridgehead atoms. The maximum atomic E-state index is 13.2. The van der Waals surface area contributed by atoms with Gasteiger partial charge in [0.2, 0.25) is 0 Å². The summed E-state index contributed by atoms with van der Waals surface area (Å²) in [6.07, 6.45) is 1.38. The molecule has 2 aromatic carbocycles. The lowest BCUT2D eigenvalue weighted by Gasteiger charge is -2.32. The highest BCUT2D eigenvalue weighted by Crippen LogP contribution is 2.41. The molecule has 162 valence electrons. The van der Waals surface area contributed by atoms with E-state index in [1.54, 1.807) is 18.2 Å². The van der Waals surface area contributed by atoms with Crippen LogP contribution in [-0.4, -0.2) is 49.0 Å². The number of rotatable bonds is 3. The average Bonchev–Trinajstić information content (AvgIpc) is 3.11. The maximum absolute atomic E-state index is 13.2. The fourth-order valence-corrected chi connectivity index (χ4v) is 4.70. The van der Waals surface area contributed by atoms with Crippen molar-refractivity contribution in [1.82, 2.24) is 4.90 Å². The average molecular weight is 421 g/mol. The minimum absolute atomic E-state index is 0.0108. The monoisotopic (exact) mass is 421 g/mol. The summed E-state index contributed by atoms with van der Waals surface area (Å²) in [4.78, 5) is 28.1. The molecule has 6 heteroatoms. The minimum Gasteiger partial charge on any atom is -0.489 e. The third-order valence-electron chi connectivity index (χ3n) is 6.75. The van der Waals surface area contributed by atoms with Gasteiger partial charge in [-0.25, -0.2) is 0 Å². The Labute approximate surface area is 182 Å². The van der Waals surface area contributed by atoms with Gasteiger partial charge in [0.05, 0.1) is 5.56 Å². The van der Waals surface area contributed by atoms with Crippen LogP contribution in [0.4, 0.5) is 0 Å². The number of benzene rings is 2. The summed E-state index contributed by atoms with van der Waals surface area (Å²) >= 11 is 0. The van der Waals surface area contributed by atoms with Gasteiger partial charge in [-0.2, -0.15) is 0 Å². The van der Waals surface area contributed by atoms with Crippen molar-refractivity contribution < 1.29 is 23.8 Å². The molecule has 2 unspecified atom stereocenters. The molecule has 1 saturated heterocycles. The van der Waals surface area contributed by atoms with E-state index in [1.165, 1.54) is 0 Å². The Morgan fingerprint density at radius 3 is 2.48 bits per heavy atom. The van der Waals surface area contributed by atoms with Crippen LogP contribution in [0, 0.1) is 5.92 Å². The van der Waals surface area contributed by atoms with Gasteiger partial charge in [-0.3, -0.25) is 9.59 Å². The van der Waals surface area contributed by atoms with Crippen molar-refractivity contribution in [1.29, 1.82) is 0 Å². The molecule has 3 aliphatic rings. The first-order valence-corrected chi connectivity index (χ1v) is 11.1. The lowest BCUT2D eigenvalue weighted by atomic mass is 9.88. The molecule has 2 atom stereocenters. The number of carbonyl (C=O) groups excluding carboxylic acids is 2. The van der Waals surface area contributed by atoms with Gasteiger partial charge in [0.25, 0.3) is 5.91 Å². The van der Waals surface area contributed by atoms with Crippen LogP contribution in [-0.2, 0) is 0 Å². The molecular formula is C25H27NO5. The summed E-state index contributed by atoms with van der Waals surface area (Å²) < 4.78 is 17.2. The maximum Gasteiger partial charge on any atom is 0.257 e. The first kappa shape index (κ1) is 19.9. The minimum atomic E-state index is -0.0932. The smallest absolute Gasteiger partial charge is 0.257 e. The topological polar surface area (TPSA) is 65.1 Å². The molecule has 31 heavy (non-hydrogen) atoms. The van der Waals surface area contributed by atoms with Crippen molar-refractivity contribution in [2.24, 2.45) is 5.92 Å². The second-order valence-electron chi connectivity index (χ2n) is 8.62. The van der Waals surface area contributed by atoms with Crippen LogP contribution in [0.1, 0.15) is 58.9 Å². The summed E-state index contributed by atoms with van der Waals surface area (Å²) in [5.41, 5.74) is 2.37. The molecule has 0 aliphatic carbocycles. The summed E-state index contributed by atoms with van der Waals surface area (Å²) in [5.74, 6) is 2.32. The number of amides is 1. The standard InChI is InChI=1S/C25H27NO5/c1-15-16(2)31-24-19(15)4-3-5-20(24)25(28)26-10-8-17(9-11-26)23(27)18-6-7-21-22(14-18)30-13-12-29-21/h3-7,14-17H,8-13H2,1-2H3. The molecule has 0 aromatic heterocycles. The zero-order chi connectivity index (χ0) is 21.5. The van der Waals surface area contributed by atoms with Crippen molar-refractivity contribution >= 4 is 11.7 Å². The fraction of sp³-hybridized carbons (Fsp3) is 0.440. The molecule has 3 heterocycles. The molecule has 0 radical (unpaired) electrons. The second-order valence-corrected chi connectivity index (χ2v) is 8.62. The molecule has 1 fully saturated rings. The summed E-state index contributed by atoms with van der Waals surface area (Å²) in [5, 5.41) is 0. The molecule has 0 N–H and O–H groups in total. The number of hydrogen-bond donors (Lipinski definition) is 0. The predicted octanol–water partition coefficient (Wildman–Crippen LogP) is 4.08. The normalized spacial score (nSPS) is 22.6. The number of nitrogens with zero attached hydrogens (tertiary/aromatic N) is 1. The van der Waals surface area contributed by atoms with Gasteiger partial charge in [-0.1, -0.05) is 19.1 Å². The van der Waals surface area contributed by atoms with E-state index in [4.69, 9.17) is 14.2 Å². The number of fused-ring (bicyclic) bond motifs is 2. The lowest BCUT2D eigenvalue weighted by Crippen LogP contribution is -2.40. The molecule has 1 amide bonds. The van der Waals surface area contributed by atoms with Crippen molar-refractivity contribution in [3.05, 3.63) is 53.1 Å². The van der Waals surface area contributed by atoms with Gasteiger partial charge in [-0.15, -0.1) is 0 Å². The number of ketones is 1. The van der Waals surface area contributed by atoms with E-state index in [0.29, 0.717) is 61.8 Å².